The summed E-state index contributed by atoms with van der Waals surface area (Å²) in [7, 11) is 2.19. The van der Waals surface area contributed by atoms with E-state index < -0.39 is 81.3 Å². The van der Waals surface area contributed by atoms with E-state index >= 15 is 0 Å². The van der Waals surface area contributed by atoms with E-state index in [9.17, 15) is 56.4 Å². The Hall–Kier alpha value is -8.97. The number of phenolic OH excluding ortho intramolecular Hbond substituents is 1. The van der Waals surface area contributed by atoms with Crippen molar-refractivity contribution in [3.05, 3.63) is 135 Å². The van der Waals surface area contributed by atoms with Gasteiger partial charge < -0.3 is 74.3 Å². The number of anilines is 1. The molecule has 7 N–H and O–H groups in total. The zero-order valence-corrected chi connectivity index (χ0v) is 61.1. The predicted octanol–water partition coefficient (Wildman–Crippen LogP) is 4.42. The second kappa shape index (κ2) is 33.5. The van der Waals surface area contributed by atoms with Gasteiger partial charge in [0.1, 0.15) is 48.6 Å². The first-order valence-corrected chi connectivity index (χ1v) is 34.2. The molecule has 3 aliphatic rings. The third-order valence-electron chi connectivity index (χ3n) is 17.7. The molecule has 0 unspecified atom stereocenters. The molecule has 9 rings (SSSR count). The van der Waals surface area contributed by atoms with E-state index in [1.165, 1.54) is 30.8 Å². The minimum atomic E-state index is -4.68. The predicted molar refractivity (Wildman–Crippen MR) is 363 cm³/mol. The second-order valence-electron chi connectivity index (χ2n) is 24.9. The first-order valence-electron chi connectivity index (χ1n) is 32.6. The molecule has 30 nitrogen and oxygen atoms in total. The number of carbonyl (C=O) groups is 7. The van der Waals surface area contributed by atoms with Gasteiger partial charge in [0, 0.05) is 116 Å². The van der Waals surface area contributed by atoms with Crippen LogP contribution in [0.5, 0.6) is 5.75 Å². The molecule has 0 saturated heterocycles. The topological polar surface area (TPSA) is 366 Å². The number of fused-ring (bicyclic) bond motifs is 8. The summed E-state index contributed by atoms with van der Waals surface area (Å²) < 4.78 is 65.7. The number of aromatic nitrogens is 4. The van der Waals surface area contributed by atoms with E-state index in [0.717, 1.165) is 33.2 Å². The Bertz CT molecular complexity index is 4240. The van der Waals surface area contributed by atoms with Gasteiger partial charge in [0.15, 0.2) is 5.60 Å². The monoisotopic (exact) mass is 1570 g/mol. The summed E-state index contributed by atoms with van der Waals surface area (Å²) in [5.74, 6) is -4.22. The van der Waals surface area contributed by atoms with Crippen molar-refractivity contribution in [1.29, 1.82) is 0 Å². The quantitative estimate of drug-likeness (QED) is 0.0186. The molecule has 4 atom stereocenters. The number of phenols is 1. The van der Waals surface area contributed by atoms with Crippen LogP contribution in [0, 0.1) is 12.5 Å². The summed E-state index contributed by atoms with van der Waals surface area (Å²) in [5.41, 5.74) is 6.24. The Kier molecular flexibility index (Phi) is 25.7. The molecule has 0 fully saturated rings. The van der Waals surface area contributed by atoms with Gasteiger partial charge in [0.05, 0.1) is 61.1 Å². The molecule has 538 valence electrons. The number of likely N-dealkylation sites (N-methyl/N-ethyl adjacent to an activating group) is 2. The van der Waals surface area contributed by atoms with Gasteiger partial charge in [-0.3, -0.25) is 48.3 Å². The molecule has 7 amide bonds. The number of aromatic hydroxyl groups is 1. The van der Waals surface area contributed by atoms with Gasteiger partial charge in [-0.25, -0.2) is 14.6 Å². The summed E-state index contributed by atoms with van der Waals surface area (Å²) in [6, 6.07) is 13.5. The molecule has 0 bridgehead atoms. The standard InChI is InChI=1S/C68H86N13O17S.W/c1-11-46-48-32-45(82)19-20-53(48)74-60-50(46)35-81-55(60)33-52-51(65(81)88)38-96-42(6)68(52,12-2)98-67(90)77(8)27-26-76(7)66(89)97-37-43-15-17-44(18-16-43)72-62(85)41(5)71-64(87)59(40(3)4)75-58(84)22-28-94-30-31-95-29-24-70-63(86)54(39-99(91,92)93)73-57(83)21-25-80-56-36-79(10)78(9)34-49(56)47-14-13-23-69-61(47)80;/h13-20,23,32-34,40-41,54,59,82H,6,11-12,21-22,24-31,35-39H2,1-5,7-10H3,(H,70,86)(H,71,87)(H,72,85)(H,73,83)(H,75,84)(H,91,92,93);/q-1;/t41-,54-,59-,68+;/m0./s1. The zero-order chi connectivity index (χ0) is 71.6. The largest absolute Gasteiger partial charge is 0.508 e. The zero-order valence-electron chi connectivity index (χ0n) is 57.4. The molecule has 0 radical (unpaired) electrons. The molecule has 4 aromatic heterocycles. The first kappa shape index (κ1) is 76.8. The molecule has 7 heterocycles. The normalized spacial score (nSPS) is 15.7. The van der Waals surface area contributed by atoms with Crippen LogP contribution in [0.4, 0.5) is 15.3 Å². The second-order valence-corrected chi connectivity index (χ2v) is 26.4. The van der Waals surface area contributed by atoms with Crippen LogP contribution in [0.25, 0.3) is 33.3 Å². The van der Waals surface area contributed by atoms with Crippen LogP contribution in [0.1, 0.15) is 93.0 Å². The molecule has 2 aromatic carbocycles. The molecule has 0 aliphatic carbocycles. The average Bonchev–Trinajstić information content (AvgIpc) is 1.58. The van der Waals surface area contributed by atoms with Gasteiger partial charge >= 0.3 is 12.2 Å². The Morgan fingerprint density at radius 2 is 1.54 bits per heavy atom. The Morgan fingerprint density at radius 3 is 2.23 bits per heavy atom. The number of hydrazine groups is 1. The fraction of sp³-hybridized carbons (Fsp3) is 0.456. The van der Waals surface area contributed by atoms with Gasteiger partial charge in [-0.15, -0.1) is 18.2 Å². The Morgan fingerprint density at radius 1 is 0.840 bits per heavy atom. The number of carbonyl (C=O) groups excluding carboxylic acids is 7. The van der Waals surface area contributed by atoms with Crippen molar-refractivity contribution in [2.75, 3.05) is 85.3 Å². The summed E-state index contributed by atoms with van der Waals surface area (Å²) >= 11 is 0. The van der Waals surface area contributed by atoms with Gasteiger partial charge in [-0.05, 0) is 80.3 Å². The molecular weight excluding hydrogens is 1490 g/mol. The van der Waals surface area contributed by atoms with Crippen molar-refractivity contribution in [3.8, 4) is 17.1 Å². The Balaban J connectivity index is 0.0000127. The third kappa shape index (κ3) is 18.0. The fourth-order valence-electron chi connectivity index (χ4n) is 12.0. The van der Waals surface area contributed by atoms with Crippen LogP contribution in [0.2, 0.25) is 0 Å². The van der Waals surface area contributed by atoms with Crippen LogP contribution in [-0.2, 0) is 124 Å². The molecule has 6 aromatic rings. The number of pyridine rings is 3. The minimum Gasteiger partial charge on any atom is -0.508 e. The van der Waals surface area contributed by atoms with E-state index in [1.807, 2.05) is 60.3 Å². The maximum atomic E-state index is 14.3. The van der Waals surface area contributed by atoms with Gasteiger partial charge in [0.25, 0.3) is 15.7 Å². The number of rotatable bonds is 30. The number of amides is 7. The van der Waals surface area contributed by atoms with Crippen LogP contribution >= 0.6 is 0 Å². The number of hydrogen-bond donors (Lipinski definition) is 7. The van der Waals surface area contributed by atoms with Crippen LogP contribution in [-0.4, -0.2) is 197 Å². The molecular formula is C68H86N13O17SW-. The molecule has 100 heavy (non-hydrogen) atoms. The number of benzene rings is 2. The molecule has 32 heteroatoms. The van der Waals surface area contributed by atoms with Crippen LogP contribution < -0.4 is 32.1 Å². The number of aryl methyl sites for hydroxylation is 2. The van der Waals surface area contributed by atoms with E-state index in [4.69, 9.17) is 28.7 Å². The molecule has 0 spiro atoms. The number of hydrogen-bond acceptors (Lipinski definition) is 20. The van der Waals surface area contributed by atoms with Crippen molar-refractivity contribution in [2.45, 2.75) is 117 Å². The van der Waals surface area contributed by atoms with Crippen molar-refractivity contribution < 1.29 is 96.4 Å². The SMILES string of the molecule is C=C1OCc2c(cc3n(c2=O)Cc2c-3nc3ccc(O)cc3c2CC)[C@]1(CC)OC(=O)N(C)CCN(C)C(=O)OCc1ccc(NC(=O)[C@H](C)NC(=O)[C@@H](NC(=O)CCOCCOCCNC(=O)[C@H](CS(=O)(=O)O)NC(=O)CCn2c3c(c4cccnc42)[CH-]N(C)N(C)C3)C(C)C)cc1.[W]. The number of nitrogens with one attached hydrogen (secondary N) is 5. The summed E-state index contributed by atoms with van der Waals surface area (Å²) in [6.45, 7) is 15.8. The van der Waals surface area contributed by atoms with Crippen molar-refractivity contribution >= 4 is 79.5 Å². The summed E-state index contributed by atoms with van der Waals surface area (Å²) in [6.07, 6.45) is 0.828. The van der Waals surface area contributed by atoms with Crippen LogP contribution in [0.3, 0.4) is 0 Å². The minimum absolute atomic E-state index is 0. The number of ether oxygens (including phenoxy) is 5. The van der Waals surface area contributed by atoms with E-state index in [-0.39, 0.29) is 136 Å². The fourth-order valence-corrected chi connectivity index (χ4v) is 12.7. The smallest absolute Gasteiger partial charge is 0.410 e. The van der Waals surface area contributed by atoms with Crippen LogP contribution in [0.15, 0.2) is 84.0 Å². The number of nitrogens with zero attached hydrogens (tertiary/aromatic N) is 8. The van der Waals surface area contributed by atoms with Gasteiger partial charge in [-0.2, -0.15) is 8.42 Å². The molecule has 0 saturated carbocycles. The van der Waals surface area contributed by atoms with E-state index in [0.29, 0.717) is 57.9 Å². The third-order valence-corrected chi connectivity index (χ3v) is 18.5. The maximum absolute atomic E-state index is 14.3. The van der Waals surface area contributed by atoms with E-state index in [1.54, 1.807) is 74.0 Å². The Labute approximate surface area is 593 Å². The van der Waals surface area contributed by atoms with E-state index in [2.05, 4.69) is 38.1 Å². The van der Waals surface area contributed by atoms with Crippen molar-refractivity contribution in [2.24, 2.45) is 5.92 Å². The first-order chi connectivity index (χ1) is 47.1. The summed E-state index contributed by atoms with van der Waals surface area (Å²) in [4.78, 5) is 119. The summed E-state index contributed by atoms with van der Waals surface area (Å²) in [5, 5.41) is 28.9. The maximum Gasteiger partial charge on any atom is 0.410 e. The molecule has 3 aliphatic heterocycles. The average molecular weight is 1570 g/mol. The van der Waals surface area contributed by atoms with Crippen molar-refractivity contribution in [1.82, 2.24) is 60.2 Å². The van der Waals surface area contributed by atoms with Gasteiger partial charge in [-0.1, -0.05) is 63.6 Å². The van der Waals surface area contributed by atoms with Gasteiger partial charge in [0.2, 0.25) is 29.5 Å². The van der Waals surface area contributed by atoms with Crippen molar-refractivity contribution in [3.63, 3.8) is 0 Å².